The van der Waals surface area contributed by atoms with E-state index in [0.717, 1.165) is 11.1 Å². The normalized spacial score (nSPS) is 21.4. The van der Waals surface area contributed by atoms with Gasteiger partial charge in [0.25, 0.3) is 0 Å². The van der Waals surface area contributed by atoms with Crippen molar-refractivity contribution in [2.45, 2.75) is 44.9 Å². The van der Waals surface area contributed by atoms with E-state index in [2.05, 4.69) is 6.07 Å². The average Bonchev–Trinajstić information content (AvgIpc) is 2.83. The van der Waals surface area contributed by atoms with E-state index in [1.54, 1.807) is 0 Å². The van der Waals surface area contributed by atoms with Crippen LogP contribution in [-0.4, -0.2) is 23.3 Å². The van der Waals surface area contributed by atoms with Crippen LogP contribution >= 0.6 is 0 Å². The van der Waals surface area contributed by atoms with Gasteiger partial charge in [0, 0.05) is 19.4 Å². The van der Waals surface area contributed by atoms with Gasteiger partial charge in [-0.3, -0.25) is 14.5 Å². The van der Waals surface area contributed by atoms with Crippen LogP contribution in [0.3, 0.4) is 0 Å². The monoisotopic (exact) mass is 323 g/mol. The summed E-state index contributed by atoms with van der Waals surface area (Å²) in [7, 11) is 0. The lowest BCUT2D eigenvalue weighted by Gasteiger charge is -2.26. The topological polar surface area (TPSA) is 85.0 Å². The zero-order chi connectivity index (χ0) is 17.7. The first-order valence-electron chi connectivity index (χ1n) is 8.17. The van der Waals surface area contributed by atoms with Gasteiger partial charge in [0.1, 0.15) is 0 Å². The number of nitrogens with zero attached hydrogens (tertiary/aromatic N) is 3. The molecule has 1 aliphatic rings. The minimum Gasteiger partial charge on any atom is -0.280 e. The molecule has 0 N–H and O–H groups in total. The number of carbonyl (C=O) groups excluding carboxylic acids is 2. The Hall–Kier alpha value is -2.66. The van der Waals surface area contributed by atoms with Crippen molar-refractivity contribution >= 4 is 11.8 Å². The van der Waals surface area contributed by atoms with Gasteiger partial charge in [-0.2, -0.15) is 10.5 Å². The Labute approximate surface area is 142 Å². The Morgan fingerprint density at radius 3 is 2.46 bits per heavy atom. The molecule has 1 fully saturated rings. The lowest BCUT2D eigenvalue weighted by atomic mass is 9.76. The summed E-state index contributed by atoms with van der Waals surface area (Å²) < 4.78 is 0. The maximum Gasteiger partial charge on any atom is 0.240 e. The van der Waals surface area contributed by atoms with Crippen molar-refractivity contribution in [1.82, 2.24) is 4.90 Å². The molecule has 24 heavy (non-hydrogen) atoms. The highest BCUT2D eigenvalue weighted by molar-refractivity contribution is 6.09. The molecule has 0 saturated carbocycles. The van der Waals surface area contributed by atoms with E-state index < -0.39 is 11.3 Å². The Balaban J connectivity index is 2.27. The molecular weight excluding hydrogens is 302 g/mol. The van der Waals surface area contributed by atoms with Crippen molar-refractivity contribution in [2.24, 2.45) is 5.92 Å². The molecule has 2 rings (SSSR count). The second-order valence-corrected chi connectivity index (χ2v) is 6.31. The van der Waals surface area contributed by atoms with Gasteiger partial charge in [0.2, 0.25) is 11.8 Å². The molecule has 2 unspecified atom stereocenters. The van der Waals surface area contributed by atoms with E-state index in [-0.39, 0.29) is 31.2 Å². The van der Waals surface area contributed by atoms with Crippen LogP contribution in [-0.2, 0) is 15.0 Å². The van der Waals surface area contributed by atoms with Crippen LogP contribution in [0.4, 0.5) is 0 Å². The van der Waals surface area contributed by atoms with Crippen molar-refractivity contribution in [1.29, 1.82) is 10.5 Å². The van der Waals surface area contributed by atoms with E-state index in [9.17, 15) is 14.9 Å². The highest BCUT2D eigenvalue weighted by Gasteiger charge is 2.51. The third-order valence-electron chi connectivity index (χ3n) is 4.81. The number of aryl methyl sites for hydroxylation is 1. The lowest BCUT2D eigenvalue weighted by Crippen LogP contribution is -2.40. The van der Waals surface area contributed by atoms with Crippen molar-refractivity contribution < 1.29 is 9.59 Å². The second-order valence-electron chi connectivity index (χ2n) is 6.31. The third-order valence-corrected chi connectivity index (χ3v) is 4.81. The van der Waals surface area contributed by atoms with Gasteiger partial charge < -0.3 is 0 Å². The summed E-state index contributed by atoms with van der Waals surface area (Å²) in [6.07, 6.45) is 1.29. The van der Waals surface area contributed by atoms with E-state index in [1.165, 1.54) is 4.90 Å². The molecule has 2 amide bonds. The molecule has 124 valence electrons. The first kappa shape index (κ1) is 17.7. The molecule has 5 heteroatoms. The fraction of sp³-hybridized carbons (Fsp3) is 0.474. The number of amides is 2. The molecule has 1 aromatic carbocycles. The molecule has 0 spiro atoms. The molecule has 0 bridgehead atoms. The molecule has 1 saturated heterocycles. The van der Waals surface area contributed by atoms with Gasteiger partial charge in [0.05, 0.1) is 23.5 Å². The Morgan fingerprint density at radius 2 is 1.92 bits per heavy atom. The van der Waals surface area contributed by atoms with Crippen molar-refractivity contribution in [3.63, 3.8) is 0 Å². The van der Waals surface area contributed by atoms with Gasteiger partial charge in [-0.05, 0) is 25.3 Å². The van der Waals surface area contributed by atoms with Crippen LogP contribution in [0.5, 0.6) is 0 Å². The number of imide groups is 1. The highest BCUT2D eigenvalue weighted by atomic mass is 16.2. The number of likely N-dealkylation sites (tertiary alicyclic amines) is 1. The number of carbonyl (C=O) groups is 2. The fourth-order valence-corrected chi connectivity index (χ4v) is 3.22. The number of hydrogen-bond donors (Lipinski definition) is 0. The summed E-state index contributed by atoms with van der Waals surface area (Å²) in [6, 6.07) is 11.8. The Bertz CT molecular complexity index is 712. The van der Waals surface area contributed by atoms with Gasteiger partial charge in [0.15, 0.2) is 0 Å². The molecule has 0 aromatic heterocycles. The van der Waals surface area contributed by atoms with Gasteiger partial charge >= 0.3 is 0 Å². The van der Waals surface area contributed by atoms with Crippen molar-refractivity contribution in [2.75, 3.05) is 6.54 Å². The van der Waals surface area contributed by atoms with E-state index in [0.29, 0.717) is 12.8 Å². The maximum absolute atomic E-state index is 13.0. The van der Waals surface area contributed by atoms with Crippen LogP contribution < -0.4 is 0 Å². The quantitative estimate of drug-likeness (QED) is 0.753. The van der Waals surface area contributed by atoms with Gasteiger partial charge in [-0.25, -0.2) is 0 Å². The molecule has 5 nitrogen and oxygen atoms in total. The Kier molecular flexibility index (Phi) is 5.36. The molecule has 1 heterocycles. The fourth-order valence-electron chi connectivity index (χ4n) is 3.22. The number of nitriles is 2. The predicted molar refractivity (Wildman–Crippen MR) is 88.4 cm³/mol. The van der Waals surface area contributed by atoms with E-state index in [4.69, 9.17) is 5.26 Å². The zero-order valence-corrected chi connectivity index (χ0v) is 14.1. The van der Waals surface area contributed by atoms with Crippen LogP contribution in [0.25, 0.3) is 0 Å². The first-order valence-corrected chi connectivity index (χ1v) is 8.17. The van der Waals surface area contributed by atoms with Crippen LogP contribution in [0, 0.1) is 35.5 Å². The predicted octanol–water partition coefficient (Wildman–Crippen LogP) is 2.85. The maximum atomic E-state index is 13.0. The van der Waals surface area contributed by atoms with Gasteiger partial charge in [-0.1, -0.05) is 36.8 Å². The summed E-state index contributed by atoms with van der Waals surface area (Å²) in [5.74, 6) is -0.959. The van der Waals surface area contributed by atoms with Crippen LogP contribution in [0.15, 0.2) is 24.3 Å². The summed E-state index contributed by atoms with van der Waals surface area (Å²) in [5.41, 5.74) is 1.11. The number of hydrogen-bond acceptors (Lipinski definition) is 4. The summed E-state index contributed by atoms with van der Waals surface area (Å²) in [5, 5.41) is 17.9. The number of benzene rings is 1. The third kappa shape index (κ3) is 3.16. The van der Waals surface area contributed by atoms with Crippen LogP contribution in [0.2, 0.25) is 0 Å². The van der Waals surface area contributed by atoms with E-state index in [1.807, 2.05) is 44.2 Å². The minimum absolute atomic E-state index is 0.0729. The van der Waals surface area contributed by atoms with E-state index >= 15 is 0 Å². The molecule has 1 aliphatic heterocycles. The van der Waals surface area contributed by atoms with Gasteiger partial charge in [-0.15, -0.1) is 0 Å². The highest BCUT2D eigenvalue weighted by Crippen LogP contribution is 2.40. The SMILES string of the molecule is CCC1(c2ccc(C)cc2)CC(=O)N(CC(C#N)CCC#N)C1=O. The summed E-state index contributed by atoms with van der Waals surface area (Å²) in [4.78, 5) is 26.7. The summed E-state index contributed by atoms with van der Waals surface area (Å²) >= 11 is 0. The molecule has 1 aromatic rings. The first-order chi connectivity index (χ1) is 11.5. The largest absolute Gasteiger partial charge is 0.280 e. The molecular formula is C19H21N3O2. The second kappa shape index (κ2) is 7.27. The number of rotatable bonds is 6. The smallest absolute Gasteiger partial charge is 0.240 e. The standard InChI is InChI=1S/C19H21N3O2/c1-3-19(16-8-6-14(2)7-9-16)11-17(23)22(18(19)24)13-15(12-21)5-4-10-20/h6-9,15H,3-5,11,13H2,1-2H3. The molecule has 0 radical (unpaired) electrons. The Morgan fingerprint density at radius 1 is 1.25 bits per heavy atom. The summed E-state index contributed by atoms with van der Waals surface area (Å²) in [6.45, 7) is 3.96. The minimum atomic E-state index is -0.833. The van der Waals surface area contributed by atoms with Crippen molar-refractivity contribution in [3.8, 4) is 12.1 Å². The molecule has 0 aliphatic carbocycles. The zero-order valence-electron chi connectivity index (χ0n) is 14.1. The average molecular weight is 323 g/mol. The lowest BCUT2D eigenvalue weighted by molar-refractivity contribution is -0.140. The molecule has 2 atom stereocenters. The van der Waals surface area contributed by atoms with Crippen LogP contribution in [0.1, 0.15) is 43.7 Å². The van der Waals surface area contributed by atoms with Crippen molar-refractivity contribution in [3.05, 3.63) is 35.4 Å².